The highest BCUT2D eigenvalue weighted by molar-refractivity contribution is 7.89. The minimum Gasteiger partial charge on any atom is -0.348 e. The molecular weight excluding hydrogens is 422 g/mol. The first-order valence-corrected chi connectivity index (χ1v) is 12.8. The molecule has 6 nitrogen and oxygen atoms in total. The molecule has 0 aromatic heterocycles. The zero-order valence-electron chi connectivity index (χ0n) is 18.4. The van der Waals surface area contributed by atoms with Crippen molar-refractivity contribution in [3.63, 3.8) is 0 Å². The second-order valence-corrected chi connectivity index (χ2v) is 10.4. The molecule has 0 spiro atoms. The molecule has 2 aromatic carbocycles. The van der Waals surface area contributed by atoms with E-state index < -0.39 is 10.0 Å². The quantitative estimate of drug-likeness (QED) is 0.652. The molecule has 1 N–H and O–H groups in total. The van der Waals surface area contributed by atoms with Crippen molar-refractivity contribution in [2.45, 2.75) is 37.1 Å². The van der Waals surface area contributed by atoms with Gasteiger partial charge in [0.25, 0.3) is 5.91 Å². The zero-order chi connectivity index (χ0) is 22.4. The Balaban J connectivity index is 1.26. The normalized spacial score (nSPS) is 18.2. The second kappa shape index (κ2) is 10.4. The molecule has 1 fully saturated rings. The lowest BCUT2D eigenvalue weighted by Gasteiger charge is -2.34. The van der Waals surface area contributed by atoms with Crippen molar-refractivity contribution in [3.05, 3.63) is 77.4 Å². The Labute approximate surface area is 191 Å². The Kier molecular flexibility index (Phi) is 7.40. The molecule has 32 heavy (non-hydrogen) atoms. The molecule has 7 heteroatoms. The van der Waals surface area contributed by atoms with Crippen LogP contribution in [0.2, 0.25) is 0 Å². The van der Waals surface area contributed by atoms with Crippen LogP contribution in [0.1, 0.15) is 41.6 Å². The van der Waals surface area contributed by atoms with E-state index in [9.17, 15) is 13.2 Å². The van der Waals surface area contributed by atoms with Crippen LogP contribution >= 0.6 is 0 Å². The third-order valence-electron chi connectivity index (χ3n) is 6.20. The van der Waals surface area contributed by atoms with Crippen molar-refractivity contribution >= 4 is 15.9 Å². The van der Waals surface area contributed by atoms with Crippen molar-refractivity contribution in [2.75, 3.05) is 32.7 Å². The summed E-state index contributed by atoms with van der Waals surface area (Å²) in [6.45, 7) is 3.71. The summed E-state index contributed by atoms with van der Waals surface area (Å²) in [5.41, 5.74) is 3.12. The van der Waals surface area contributed by atoms with Gasteiger partial charge in [-0.1, -0.05) is 42.0 Å². The van der Waals surface area contributed by atoms with E-state index in [-0.39, 0.29) is 5.91 Å². The highest BCUT2D eigenvalue weighted by Gasteiger charge is 2.28. The molecule has 1 aliphatic heterocycles. The highest BCUT2D eigenvalue weighted by Crippen LogP contribution is 2.19. The lowest BCUT2D eigenvalue weighted by atomic mass is 9.99. The van der Waals surface area contributed by atoms with Gasteiger partial charge >= 0.3 is 0 Å². The van der Waals surface area contributed by atoms with Crippen LogP contribution < -0.4 is 5.32 Å². The van der Waals surface area contributed by atoms with Gasteiger partial charge in [0.15, 0.2) is 0 Å². The smallest absolute Gasteiger partial charge is 0.251 e. The number of rotatable bonds is 7. The van der Waals surface area contributed by atoms with Gasteiger partial charge in [0.2, 0.25) is 10.0 Å². The van der Waals surface area contributed by atoms with Crippen LogP contribution in [-0.4, -0.2) is 56.3 Å². The maximum Gasteiger partial charge on any atom is 0.251 e. The molecule has 0 saturated carbocycles. The molecule has 2 aliphatic rings. The number of nitrogens with one attached hydrogen (secondary N) is 1. The summed E-state index contributed by atoms with van der Waals surface area (Å²) in [7, 11) is -3.43. The molecule has 4 rings (SSSR count). The van der Waals surface area contributed by atoms with Crippen molar-refractivity contribution < 1.29 is 13.2 Å². The number of carbonyl (C=O) groups excluding carboxylic acids is 1. The average molecular weight is 454 g/mol. The monoisotopic (exact) mass is 453 g/mol. The molecule has 170 valence electrons. The van der Waals surface area contributed by atoms with E-state index in [4.69, 9.17) is 0 Å². The van der Waals surface area contributed by atoms with Crippen LogP contribution in [0.4, 0.5) is 0 Å². The Morgan fingerprint density at radius 2 is 1.62 bits per heavy atom. The lowest BCUT2D eigenvalue weighted by molar-refractivity contribution is 0.0956. The maximum absolute atomic E-state index is 12.8. The summed E-state index contributed by atoms with van der Waals surface area (Å²) < 4.78 is 27.1. The van der Waals surface area contributed by atoms with Crippen molar-refractivity contribution in [2.24, 2.45) is 0 Å². The van der Waals surface area contributed by atoms with Gasteiger partial charge in [-0.25, -0.2) is 8.42 Å². The molecule has 0 radical (unpaired) electrons. The van der Waals surface area contributed by atoms with E-state index in [1.807, 2.05) is 30.3 Å². The number of benzene rings is 2. The van der Waals surface area contributed by atoms with Gasteiger partial charge in [-0.3, -0.25) is 9.69 Å². The summed E-state index contributed by atoms with van der Waals surface area (Å²) >= 11 is 0. The number of hydrogen-bond acceptors (Lipinski definition) is 4. The first-order chi connectivity index (χ1) is 15.5. The van der Waals surface area contributed by atoms with Gasteiger partial charge in [0.05, 0.1) is 4.90 Å². The molecular formula is C25H31N3O3S. The van der Waals surface area contributed by atoms with Crippen LogP contribution in [0, 0.1) is 0 Å². The van der Waals surface area contributed by atoms with E-state index in [1.54, 1.807) is 28.6 Å². The standard InChI is InChI=1S/C25H31N3O3S/c29-25(26-19-21-7-3-1-4-8-21)23-13-11-22(12-14-23)20-27-15-17-28(18-16-27)32(30,31)24-9-5-2-6-10-24/h2,5-7,9-14H,1,3-4,8,15-20H2,(H,26,29). The number of amides is 1. The summed E-state index contributed by atoms with van der Waals surface area (Å²) in [6, 6.07) is 16.3. The molecule has 1 amide bonds. The Bertz CT molecular complexity index is 1040. The lowest BCUT2D eigenvalue weighted by Crippen LogP contribution is -2.48. The van der Waals surface area contributed by atoms with E-state index in [1.165, 1.54) is 18.4 Å². The van der Waals surface area contributed by atoms with Gasteiger partial charge in [0.1, 0.15) is 0 Å². The molecule has 0 bridgehead atoms. The fourth-order valence-corrected chi connectivity index (χ4v) is 5.69. The Morgan fingerprint density at radius 1 is 0.906 bits per heavy atom. The number of nitrogens with zero attached hydrogens (tertiary/aromatic N) is 2. The van der Waals surface area contributed by atoms with E-state index in [0.717, 1.165) is 24.9 Å². The second-order valence-electron chi connectivity index (χ2n) is 8.48. The molecule has 1 aliphatic carbocycles. The Morgan fingerprint density at radius 3 is 2.28 bits per heavy atom. The topological polar surface area (TPSA) is 69.7 Å². The minimum absolute atomic E-state index is 0.0391. The molecule has 1 saturated heterocycles. The minimum atomic E-state index is -3.43. The number of carbonyl (C=O) groups is 1. The van der Waals surface area contributed by atoms with Gasteiger partial charge in [-0.15, -0.1) is 0 Å². The van der Waals surface area contributed by atoms with Crippen molar-refractivity contribution in [3.8, 4) is 0 Å². The predicted molar refractivity (Wildman–Crippen MR) is 126 cm³/mol. The summed E-state index contributed by atoms with van der Waals surface area (Å²) in [5.74, 6) is -0.0391. The van der Waals surface area contributed by atoms with Crippen molar-refractivity contribution in [1.29, 1.82) is 0 Å². The van der Waals surface area contributed by atoms with Crippen LogP contribution in [-0.2, 0) is 16.6 Å². The molecule has 0 unspecified atom stereocenters. The first kappa shape index (κ1) is 22.7. The number of sulfonamides is 1. The van der Waals surface area contributed by atoms with Crippen molar-refractivity contribution in [1.82, 2.24) is 14.5 Å². The largest absolute Gasteiger partial charge is 0.348 e. The van der Waals surface area contributed by atoms with Crippen LogP contribution in [0.3, 0.4) is 0 Å². The fraction of sp³-hybridized carbons (Fsp3) is 0.400. The third-order valence-corrected chi connectivity index (χ3v) is 8.11. The zero-order valence-corrected chi connectivity index (χ0v) is 19.2. The Hall–Kier alpha value is -2.48. The molecule has 0 atom stereocenters. The SMILES string of the molecule is O=C(NCC1=CCCCC1)c1ccc(CN2CCN(S(=O)(=O)c3ccccc3)CC2)cc1. The fourth-order valence-electron chi connectivity index (χ4n) is 4.25. The van der Waals surface area contributed by atoms with Gasteiger partial charge < -0.3 is 5.32 Å². The number of allylic oxidation sites excluding steroid dienone is 1. The van der Waals surface area contributed by atoms with Crippen LogP contribution in [0.15, 0.2) is 71.1 Å². The summed E-state index contributed by atoms with van der Waals surface area (Å²) in [6.07, 6.45) is 6.91. The van der Waals surface area contributed by atoms with E-state index in [2.05, 4.69) is 16.3 Å². The predicted octanol–water partition coefficient (Wildman–Crippen LogP) is 3.42. The highest BCUT2D eigenvalue weighted by atomic mass is 32.2. The van der Waals surface area contributed by atoms with Gasteiger partial charge in [-0.05, 0) is 55.5 Å². The molecule has 1 heterocycles. The first-order valence-electron chi connectivity index (χ1n) is 11.3. The number of hydrogen-bond donors (Lipinski definition) is 1. The number of piperazine rings is 1. The summed E-state index contributed by atoms with van der Waals surface area (Å²) in [5, 5.41) is 3.02. The van der Waals surface area contributed by atoms with E-state index >= 15 is 0 Å². The maximum atomic E-state index is 12.8. The summed E-state index contributed by atoms with van der Waals surface area (Å²) in [4.78, 5) is 15.0. The third kappa shape index (κ3) is 5.65. The van der Waals surface area contributed by atoms with Crippen LogP contribution in [0.25, 0.3) is 0 Å². The van der Waals surface area contributed by atoms with Crippen LogP contribution in [0.5, 0.6) is 0 Å². The van der Waals surface area contributed by atoms with Gasteiger partial charge in [0, 0.05) is 44.8 Å². The van der Waals surface area contributed by atoms with Gasteiger partial charge in [-0.2, -0.15) is 4.31 Å². The molecule has 2 aromatic rings. The van der Waals surface area contributed by atoms with E-state index in [0.29, 0.717) is 43.2 Å². The average Bonchev–Trinajstić information content (AvgIpc) is 2.84.